The van der Waals surface area contributed by atoms with Crippen LogP contribution in [-0.2, 0) is 9.59 Å². The van der Waals surface area contributed by atoms with Gasteiger partial charge >= 0.3 is 5.97 Å². The summed E-state index contributed by atoms with van der Waals surface area (Å²) in [5, 5.41) is 14.8. The van der Waals surface area contributed by atoms with Crippen molar-refractivity contribution in [1.29, 1.82) is 0 Å². The minimum absolute atomic E-state index is 0.244. The summed E-state index contributed by atoms with van der Waals surface area (Å²) in [5.41, 5.74) is 7.23. The van der Waals surface area contributed by atoms with Crippen molar-refractivity contribution in [1.82, 2.24) is 9.88 Å². The van der Waals surface area contributed by atoms with E-state index in [1.807, 2.05) is 66.7 Å². The van der Waals surface area contributed by atoms with E-state index in [9.17, 15) is 19.5 Å². The molecule has 194 valence electrons. The Morgan fingerprint density at radius 1 is 1.00 bits per heavy atom. The topological polar surface area (TPSA) is 132 Å². The molecular weight excluding hydrogens is 482 g/mol. The fourth-order valence-electron chi connectivity index (χ4n) is 5.67. The number of aromatic nitrogens is 1. The predicted molar refractivity (Wildman–Crippen MR) is 146 cm³/mol. The maximum absolute atomic E-state index is 14.0. The molecule has 0 aliphatic carbocycles. The number of rotatable bonds is 8. The van der Waals surface area contributed by atoms with Gasteiger partial charge in [-0.05, 0) is 35.9 Å². The first-order valence-electron chi connectivity index (χ1n) is 12.3. The van der Waals surface area contributed by atoms with Gasteiger partial charge in [-0.2, -0.15) is 0 Å². The van der Waals surface area contributed by atoms with Crippen molar-refractivity contribution in [2.45, 2.75) is 24.0 Å². The summed E-state index contributed by atoms with van der Waals surface area (Å²) < 4.78 is 0. The quantitative estimate of drug-likeness (QED) is 0.286. The molecule has 2 heterocycles. The molecule has 4 aromatic rings. The average molecular weight is 512 g/mol. The number of carboxylic acid groups (broad SMARTS) is 1. The molecule has 5 rings (SSSR count). The van der Waals surface area contributed by atoms with Crippen LogP contribution in [0.5, 0.6) is 0 Å². The Morgan fingerprint density at radius 3 is 2.39 bits per heavy atom. The number of anilines is 2. The number of aliphatic carboxylic acids is 1. The van der Waals surface area contributed by atoms with E-state index in [1.54, 1.807) is 37.3 Å². The summed E-state index contributed by atoms with van der Waals surface area (Å²) >= 11 is 0. The van der Waals surface area contributed by atoms with Gasteiger partial charge in [0.05, 0.1) is 23.3 Å². The minimum Gasteiger partial charge on any atom is -0.478 e. The van der Waals surface area contributed by atoms with Gasteiger partial charge in [0, 0.05) is 43.2 Å². The fraction of sp³-hybridized carbons (Fsp3) is 0.207. The second kappa shape index (κ2) is 9.59. The number of nitrogens with one attached hydrogen (secondary N) is 2. The van der Waals surface area contributed by atoms with Crippen LogP contribution in [-0.4, -0.2) is 58.6 Å². The van der Waals surface area contributed by atoms with Gasteiger partial charge in [0.1, 0.15) is 0 Å². The van der Waals surface area contributed by atoms with Crippen molar-refractivity contribution >= 4 is 40.1 Å². The molecule has 0 radical (unpaired) electrons. The molecule has 9 nitrogen and oxygen atoms in total. The molecule has 1 aromatic heterocycles. The maximum Gasteiger partial charge on any atom is 0.351 e. The Labute approximate surface area is 219 Å². The first-order chi connectivity index (χ1) is 18.3. The monoisotopic (exact) mass is 511 g/mol. The zero-order valence-corrected chi connectivity index (χ0v) is 21.1. The molecular formula is C29H29N5O4. The highest BCUT2D eigenvalue weighted by Crippen LogP contribution is 2.48. The van der Waals surface area contributed by atoms with Crippen LogP contribution in [0.3, 0.4) is 0 Å². The van der Waals surface area contributed by atoms with Crippen molar-refractivity contribution < 1.29 is 19.5 Å². The Bertz CT molecular complexity index is 1520. The van der Waals surface area contributed by atoms with E-state index in [1.165, 1.54) is 4.90 Å². The molecule has 0 spiro atoms. The van der Waals surface area contributed by atoms with E-state index < -0.39 is 29.5 Å². The normalized spacial score (nSPS) is 17.9. The van der Waals surface area contributed by atoms with Crippen molar-refractivity contribution in [2.75, 3.05) is 24.3 Å². The van der Waals surface area contributed by atoms with Gasteiger partial charge in [0.2, 0.25) is 11.6 Å². The number of carbonyl (C=O) groups excluding carboxylic acids is 2. The highest BCUT2D eigenvalue weighted by Gasteiger charge is 2.58. The molecule has 3 atom stereocenters. The summed E-state index contributed by atoms with van der Waals surface area (Å²) in [6.45, 7) is 0. The molecule has 0 fully saturated rings. The van der Waals surface area contributed by atoms with Crippen molar-refractivity contribution in [3.63, 3.8) is 0 Å². The lowest BCUT2D eigenvalue weighted by Crippen LogP contribution is -2.64. The molecule has 1 aliphatic rings. The van der Waals surface area contributed by atoms with Crippen LogP contribution in [0.2, 0.25) is 0 Å². The number of carboxylic acids is 1. The molecule has 38 heavy (non-hydrogen) atoms. The highest BCUT2D eigenvalue weighted by atomic mass is 16.4. The van der Waals surface area contributed by atoms with Crippen molar-refractivity contribution in [3.05, 3.63) is 96.2 Å². The first-order valence-corrected chi connectivity index (χ1v) is 12.3. The van der Waals surface area contributed by atoms with Crippen LogP contribution >= 0.6 is 0 Å². The van der Waals surface area contributed by atoms with Crippen LogP contribution in [0.15, 0.2) is 85.1 Å². The van der Waals surface area contributed by atoms with Crippen LogP contribution in [0.1, 0.15) is 28.3 Å². The highest BCUT2D eigenvalue weighted by molar-refractivity contribution is 6.06. The van der Waals surface area contributed by atoms with Crippen LogP contribution < -0.4 is 16.0 Å². The van der Waals surface area contributed by atoms with E-state index in [2.05, 4.69) is 10.3 Å². The second-order valence-electron chi connectivity index (χ2n) is 9.56. The zero-order chi connectivity index (χ0) is 27.0. The third-order valence-corrected chi connectivity index (χ3v) is 7.49. The van der Waals surface area contributed by atoms with Crippen LogP contribution in [0, 0.1) is 0 Å². The molecule has 0 saturated carbocycles. The molecule has 3 aromatic carbocycles. The molecule has 0 bridgehead atoms. The summed E-state index contributed by atoms with van der Waals surface area (Å²) in [6, 6.07) is 22.6. The van der Waals surface area contributed by atoms with Gasteiger partial charge < -0.3 is 30.9 Å². The van der Waals surface area contributed by atoms with E-state index in [0.29, 0.717) is 22.5 Å². The standard InChI is InChI=1S/C29H29N5O4/c1-33(27(36)20-11-8-13-21-19(20)15-16-31-21)24(17-25(30)35)26(18-9-4-3-5-10-18)29(28(37)38)32-22-12-6-7-14-23(22)34(29)2/h3-16,24,26,31-32H,17H2,1-2H3,(H2,30,35)(H,37,38). The van der Waals surface area contributed by atoms with E-state index >= 15 is 0 Å². The maximum atomic E-state index is 14.0. The molecule has 3 unspecified atom stereocenters. The number of likely N-dealkylation sites (N-methyl/N-ethyl adjacent to an activating group) is 2. The van der Waals surface area contributed by atoms with Gasteiger partial charge in [-0.3, -0.25) is 9.59 Å². The Kier molecular flexibility index (Phi) is 6.28. The van der Waals surface area contributed by atoms with Gasteiger partial charge in [-0.25, -0.2) is 4.79 Å². The molecule has 0 saturated heterocycles. The average Bonchev–Trinajstić information content (AvgIpc) is 3.51. The van der Waals surface area contributed by atoms with Gasteiger partial charge in [0.25, 0.3) is 5.91 Å². The Hall–Kier alpha value is -4.79. The SMILES string of the molecule is CN(C(=O)c1cccc2[nH]ccc12)C(CC(N)=O)C(c1ccccc1)C1(C(=O)O)Nc2ccccc2N1C. The number of amides is 2. The number of para-hydroxylation sites is 2. The fourth-order valence-corrected chi connectivity index (χ4v) is 5.67. The summed E-state index contributed by atoms with van der Waals surface area (Å²) in [5.74, 6) is -3.03. The summed E-state index contributed by atoms with van der Waals surface area (Å²) in [4.78, 5) is 46.0. The lowest BCUT2D eigenvalue weighted by atomic mass is 9.77. The zero-order valence-electron chi connectivity index (χ0n) is 21.1. The number of aromatic amines is 1. The van der Waals surface area contributed by atoms with Gasteiger partial charge in [0.15, 0.2) is 0 Å². The lowest BCUT2D eigenvalue weighted by molar-refractivity contribution is -0.144. The Balaban J connectivity index is 1.69. The first kappa shape index (κ1) is 24.9. The number of benzene rings is 3. The van der Waals surface area contributed by atoms with Crippen LogP contribution in [0.4, 0.5) is 11.4 Å². The number of H-pyrrole nitrogens is 1. The Morgan fingerprint density at radius 2 is 1.71 bits per heavy atom. The number of hydrogen-bond donors (Lipinski definition) is 4. The summed E-state index contributed by atoms with van der Waals surface area (Å²) in [6.07, 6.45) is 1.51. The molecule has 1 aliphatic heterocycles. The van der Waals surface area contributed by atoms with Crippen molar-refractivity contribution in [2.24, 2.45) is 5.73 Å². The second-order valence-corrected chi connectivity index (χ2v) is 9.56. The number of hydrogen-bond acceptors (Lipinski definition) is 5. The minimum atomic E-state index is -1.72. The van der Waals surface area contributed by atoms with Crippen molar-refractivity contribution in [3.8, 4) is 0 Å². The van der Waals surface area contributed by atoms with E-state index in [4.69, 9.17) is 5.73 Å². The lowest BCUT2D eigenvalue weighted by Gasteiger charge is -2.46. The molecule has 5 N–H and O–H groups in total. The number of nitrogens with zero attached hydrogens (tertiary/aromatic N) is 2. The number of carbonyl (C=O) groups is 3. The largest absolute Gasteiger partial charge is 0.478 e. The van der Waals surface area contributed by atoms with E-state index in [0.717, 1.165) is 10.9 Å². The number of fused-ring (bicyclic) bond motifs is 2. The predicted octanol–water partition coefficient (Wildman–Crippen LogP) is 3.61. The van der Waals surface area contributed by atoms with Crippen LogP contribution in [0.25, 0.3) is 10.9 Å². The molecule has 2 amide bonds. The smallest absolute Gasteiger partial charge is 0.351 e. The number of nitrogens with two attached hydrogens (primary N) is 1. The molecule has 9 heteroatoms. The number of primary amides is 1. The van der Waals surface area contributed by atoms with Gasteiger partial charge in [-0.1, -0.05) is 48.5 Å². The van der Waals surface area contributed by atoms with E-state index in [-0.39, 0.29) is 12.3 Å². The third-order valence-electron chi connectivity index (χ3n) is 7.49. The van der Waals surface area contributed by atoms with Gasteiger partial charge in [-0.15, -0.1) is 0 Å². The summed E-state index contributed by atoms with van der Waals surface area (Å²) in [7, 11) is 3.29. The third kappa shape index (κ3) is 3.92.